The number of aromatic hydroxyl groups is 1. The Hall–Kier alpha value is -1.87. The van der Waals surface area contributed by atoms with E-state index in [-0.39, 0.29) is 5.75 Å². The number of aliphatic hydroxyl groups excluding tert-OH is 1. The van der Waals surface area contributed by atoms with Crippen molar-refractivity contribution in [2.75, 3.05) is 0 Å². The number of hydrogen-bond acceptors (Lipinski definition) is 3. The van der Waals surface area contributed by atoms with Gasteiger partial charge in [0.1, 0.15) is 5.75 Å². The summed E-state index contributed by atoms with van der Waals surface area (Å²) < 4.78 is 0. The van der Waals surface area contributed by atoms with Crippen molar-refractivity contribution in [1.82, 2.24) is 4.98 Å². The molecule has 1 atom stereocenters. The number of benzene rings is 1. The van der Waals surface area contributed by atoms with Crippen molar-refractivity contribution < 1.29 is 10.2 Å². The highest BCUT2D eigenvalue weighted by Gasteiger charge is 2.11. The topological polar surface area (TPSA) is 53.4 Å². The van der Waals surface area contributed by atoms with Gasteiger partial charge in [-0.05, 0) is 36.2 Å². The minimum Gasteiger partial charge on any atom is -0.508 e. The van der Waals surface area contributed by atoms with Crippen molar-refractivity contribution in [2.24, 2.45) is 0 Å². The molecule has 88 valence electrons. The molecular weight excluding hydrogens is 214 g/mol. The Morgan fingerprint density at radius 2 is 2.12 bits per heavy atom. The van der Waals surface area contributed by atoms with Crippen LogP contribution in [0.25, 0.3) is 0 Å². The number of aliphatic hydroxyl groups is 1. The quantitative estimate of drug-likeness (QED) is 0.849. The van der Waals surface area contributed by atoms with Crippen molar-refractivity contribution in [2.45, 2.75) is 19.4 Å². The molecule has 0 bridgehead atoms. The number of rotatable bonds is 3. The summed E-state index contributed by atoms with van der Waals surface area (Å²) in [4.78, 5) is 4.02. The molecule has 2 aromatic rings. The highest BCUT2D eigenvalue weighted by atomic mass is 16.3. The van der Waals surface area contributed by atoms with Gasteiger partial charge in [0.15, 0.2) is 0 Å². The van der Waals surface area contributed by atoms with Crippen LogP contribution in [0.1, 0.15) is 22.8 Å². The molecule has 1 heterocycles. The van der Waals surface area contributed by atoms with Gasteiger partial charge < -0.3 is 10.2 Å². The van der Waals surface area contributed by atoms with Gasteiger partial charge in [-0.3, -0.25) is 4.98 Å². The molecule has 3 heteroatoms. The zero-order valence-corrected chi connectivity index (χ0v) is 9.67. The lowest BCUT2D eigenvalue weighted by molar-refractivity contribution is 0.177. The van der Waals surface area contributed by atoms with E-state index in [1.807, 2.05) is 19.1 Å². The molecule has 0 aliphatic rings. The SMILES string of the molecule is Cc1ccncc1C(O)Cc1cccc(O)c1. The van der Waals surface area contributed by atoms with E-state index in [2.05, 4.69) is 4.98 Å². The van der Waals surface area contributed by atoms with Crippen LogP contribution < -0.4 is 0 Å². The molecule has 1 aromatic carbocycles. The van der Waals surface area contributed by atoms with E-state index in [1.54, 1.807) is 30.6 Å². The molecule has 0 fully saturated rings. The molecule has 0 aliphatic heterocycles. The predicted molar refractivity (Wildman–Crippen MR) is 65.7 cm³/mol. The van der Waals surface area contributed by atoms with Crippen LogP contribution in [0, 0.1) is 6.92 Å². The number of aromatic nitrogens is 1. The highest BCUT2D eigenvalue weighted by molar-refractivity contribution is 5.30. The molecule has 17 heavy (non-hydrogen) atoms. The van der Waals surface area contributed by atoms with Crippen molar-refractivity contribution in [3.8, 4) is 5.75 Å². The van der Waals surface area contributed by atoms with Crippen molar-refractivity contribution in [3.05, 3.63) is 59.4 Å². The van der Waals surface area contributed by atoms with Gasteiger partial charge in [0.05, 0.1) is 6.10 Å². The van der Waals surface area contributed by atoms with Crippen molar-refractivity contribution >= 4 is 0 Å². The summed E-state index contributed by atoms with van der Waals surface area (Å²) in [7, 11) is 0. The molecular formula is C14H15NO2. The third-order valence-electron chi connectivity index (χ3n) is 2.78. The fourth-order valence-electron chi connectivity index (χ4n) is 1.84. The van der Waals surface area contributed by atoms with Crippen LogP contribution in [0.5, 0.6) is 5.75 Å². The molecule has 2 N–H and O–H groups in total. The Labute approximate surface area is 100 Å². The maximum Gasteiger partial charge on any atom is 0.115 e. The minimum atomic E-state index is -0.592. The summed E-state index contributed by atoms with van der Waals surface area (Å²) >= 11 is 0. The molecule has 1 aromatic heterocycles. The fourth-order valence-corrected chi connectivity index (χ4v) is 1.84. The standard InChI is InChI=1S/C14H15NO2/c1-10-5-6-15-9-13(10)14(17)8-11-3-2-4-12(16)7-11/h2-7,9,14,16-17H,8H2,1H3. The third-order valence-corrected chi connectivity index (χ3v) is 2.78. The van der Waals surface area contributed by atoms with E-state index in [0.29, 0.717) is 6.42 Å². The van der Waals surface area contributed by atoms with Gasteiger partial charge >= 0.3 is 0 Å². The van der Waals surface area contributed by atoms with Crippen molar-refractivity contribution in [3.63, 3.8) is 0 Å². The summed E-state index contributed by atoms with van der Waals surface area (Å²) in [6.45, 7) is 1.95. The first-order valence-corrected chi connectivity index (χ1v) is 5.53. The van der Waals surface area contributed by atoms with E-state index in [1.165, 1.54) is 0 Å². The second-order valence-electron chi connectivity index (χ2n) is 4.12. The zero-order chi connectivity index (χ0) is 12.3. The third kappa shape index (κ3) is 2.82. The number of pyridine rings is 1. The Morgan fingerprint density at radius 3 is 2.82 bits per heavy atom. The summed E-state index contributed by atoms with van der Waals surface area (Å²) in [5, 5.41) is 19.5. The molecule has 0 amide bonds. The van der Waals surface area contributed by atoms with Crippen LogP contribution in [0.2, 0.25) is 0 Å². The largest absolute Gasteiger partial charge is 0.508 e. The Bertz CT molecular complexity index is 511. The number of phenols is 1. The Balaban J connectivity index is 2.17. The van der Waals surface area contributed by atoms with E-state index in [9.17, 15) is 10.2 Å². The average molecular weight is 229 g/mol. The lowest BCUT2D eigenvalue weighted by Crippen LogP contribution is -2.04. The Kier molecular flexibility index (Phi) is 3.40. The molecule has 1 unspecified atom stereocenters. The lowest BCUT2D eigenvalue weighted by Gasteiger charge is -2.13. The number of nitrogens with zero attached hydrogens (tertiary/aromatic N) is 1. The van der Waals surface area contributed by atoms with Gasteiger partial charge in [-0.25, -0.2) is 0 Å². The molecule has 0 aliphatic carbocycles. The van der Waals surface area contributed by atoms with Crippen LogP contribution >= 0.6 is 0 Å². The monoisotopic (exact) mass is 229 g/mol. The van der Waals surface area contributed by atoms with Gasteiger partial charge in [0.2, 0.25) is 0 Å². The summed E-state index contributed by atoms with van der Waals surface area (Å²) in [6.07, 6.45) is 3.27. The molecule has 2 rings (SSSR count). The van der Waals surface area contributed by atoms with Crippen LogP contribution in [-0.2, 0) is 6.42 Å². The van der Waals surface area contributed by atoms with Gasteiger partial charge in [0, 0.05) is 24.4 Å². The van der Waals surface area contributed by atoms with Crippen LogP contribution in [0.4, 0.5) is 0 Å². The molecule has 0 saturated heterocycles. The molecule has 0 saturated carbocycles. The van der Waals surface area contributed by atoms with E-state index in [0.717, 1.165) is 16.7 Å². The highest BCUT2D eigenvalue weighted by Crippen LogP contribution is 2.22. The lowest BCUT2D eigenvalue weighted by atomic mass is 9.99. The zero-order valence-electron chi connectivity index (χ0n) is 9.67. The maximum absolute atomic E-state index is 10.1. The first-order valence-electron chi connectivity index (χ1n) is 5.53. The van der Waals surface area contributed by atoms with Crippen LogP contribution in [0.3, 0.4) is 0 Å². The molecule has 3 nitrogen and oxygen atoms in total. The van der Waals surface area contributed by atoms with Crippen LogP contribution in [-0.4, -0.2) is 15.2 Å². The number of aryl methyl sites for hydroxylation is 1. The van der Waals surface area contributed by atoms with Crippen molar-refractivity contribution in [1.29, 1.82) is 0 Å². The first-order chi connectivity index (χ1) is 8.16. The second kappa shape index (κ2) is 4.97. The van der Waals surface area contributed by atoms with Gasteiger partial charge in [0.25, 0.3) is 0 Å². The number of hydrogen-bond donors (Lipinski definition) is 2. The van der Waals surface area contributed by atoms with E-state index >= 15 is 0 Å². The van der Waals surface area contributed by atoms with Gasteiger partial charge in [-0.2, -0.15) is 0 Å². The second-order valence-corrected chi connectivity index (χ2v) is 4.12. The molecule has 0 spiro atoms. The number of phenolic OH excluding ortho intramolecular Hbond substituents is 1. The van der Waals surface area contributed by atoms with E-state index < -0.39 is 6.10 Å². The smallest absolute Gasteiger partial charge is 0.115 e. The summed E-state index contributed by atoms with van der Waals surface area (Å²) in [5.74, 6) is 0.220. The Morgan fingerprint density at radius 1 is 1.29 bits per heavy atom. The normalized spacial score (nSPS) is 12.4. The van der Waals surface area contributed by atoms with E-state index in [4.69, 9.17) is 0 Å². The summed E-state index contributed by atoms with van der Waals surface area (Å²) in [6, 6.07) is 8.81. The average Bonchev–Trinajstić information content (AvgIpc) is 2.29. The minimum absolute atomic E-state index is 0.220. The van der Waals surface area contributed by atoms with Gasteiger partial charge in [-0.15, -0.1) is 0 Å². The maximum atomic E-state index is 10.1. The van der Waals surface area contributed by atoms with Gasteiger partial charge in [-0.1, -0.05) is 12.1 Å². The summed E-state index contributed by atoms with van der Waals surface area (Å²) in [5.41, 5.74) is 2.75. The first kappa shape index (κ1) is 11.6. The molecule has 0 radical (unpaired) electrons. The fraction of sp³-hybridized carbons (Fsp3) is 0.214. The van der Waals surface area contributed by atoms with Crippen LogP contribution in [0.15, 0.2) is 42.7 Å². The predicted octanol–water partition coefficient (Wildman–Crippen LogP) is 2.37.